The van der Waals surface area contributed by atoms with Gasteiger partial charge >= 0.3 is 0 Å². The van der Waals surface area contributed by atoms with E-state index in [-0.39, 0.29) is 11.9 Å². The zero-order valence-electron chi connectivity index (χ0n) is 12.2. The number of halogens is 1. The van der Waals surface area contributed by atoms with Crippen LogP contribution in [0, 0.1) is 6.92 Å². The molecule has 0 radical (unpaired) electrons. The minimum Gasteiger partial charge on any atom is -0.368 e. The lowest BCUT2D eigenvalue weighted by Crippen LogP contribution is -2.46. The maximum Gasteiger partial charge on any atom is 0.167 e. The number of ketones is 1. The Balaban J connectivity index is 1.97. The van der Waals surface area contributed by atoms with Crippen LogP contribution in [0.4, 0.5) is 0 Å². The van der Waals surface area contributed by atoms with Crippen molar-refractivity contribution in [3.05, 3.63) is 34.3 Å². The first-order valence-corrected chi connectivity index (χ1v) is 7.59. The van der Waals surface area contributed by atoms with Gasteiger partial charge in [-0.1, -0.05) is 30.7 Å². The van der Waals surface area contributed by atoms with E-state index < -0.39 is 0 Å². The number of ether oxygens (including phenoxy) is 1. The first-order valence-electron chi connectivity index (χ1n) is 7.22. The van der Waals surface area contributed by atoms with E-state index in [4.69, 9.17) is 16.3 Å². The summed E-state index contributed by atoms with van der Waals surface area (Å²) in [5.74, 6) is 0.122. The Hall–Kier alpha value is -0.900. The van der Waals surface area contributed by atoms with Crippen molar-refractivity contribution in [2.75, 3.05) is 26.2 Å². The molecule has 3 nitrogen and oxygen atoms in total. The average molecular weight is 296 g/mol. The number of rotatable bonds is 5. The van der Waals surface area contributed by atoms with Crippen LogP contribution in [0.5, 0.6) is 0 Å². The summed E-state index contributed by atoms with van der Waals surface area (Å²) in [6.07, 6.45) is 1.14. The fraction of sp³-hybridized carbons (Fsp3) is 0.562. The Labute approximate surface area is 125 Å². The van der Waals surface area contributed by atoms with Crippen LogP contribution in [0.3, 0.4) is 0 Å². The van der Waals surface area contributed by atoms with Crippen molar-refractivity contribution < 1.29 is 9.53 Å². The highest BCUT2D eigenvalue weighted by Crippen LogP contribution is 2.19. The number of nitrogens with zero attached hydrogens (tertiary/aromatic N) is 1. The third kappa shape index (κ3) is 4.05. The van der Waals surface area contributed by atoms with Crippen molar-refractivity contribution in [2.24, 2.45) is 0 Å². The van der Waals surface area contributed by atoms with Gasteiger partial charge in [0, 0.05) is 24.5 Å². The normalized spacial score (nSPS) is 20.1. The van der Waals surface area contributed by atoms with Crippen molar-refractivity contribution in [1.29, 1.82) is 0 Å². The monoisotopic (exact) mass is 295 g/mol. The van der Waals surface area contributed by atoms with Gasteiger partial charge in [-0.3, -0.25) is 9.69 Å². The SMILES string of the molecule is CCCN1CCOC(C(=O)Cc2ccc(C)cc2Cl)C1. The first kappa shape index (κ1) is 15.5. The van der Waals surface area contributed by atoms with E-state index >= 15 is 0 Å². The lowest BCUT2D eigenvalue weighted by atomic mass is 10.0. The number of aryl methyl sites for hydroxylation is 1. The third-order valence-corrected chi connectivity index (χ3v) is 3.97. The summed E-state index contributed by atoms with van der Waals surface area (Å²) in [6, 6.07) is 5.82. The van der Waals surface area contributed by atoms with Crippen molar-refractivity contribution in [3.63, 3.8) is 0 Å². The molecule has 20 heavy (non-hydrogen) atoms. The molecule has 0 amide bonds. The minimum absolute atomic E-state index is 0.122. The van der Waals surface area contributed by atoms with E-state index in [0.717, 1.165) is 30.6 Å². The molecule has 1 fully saturated rings. The largest absolute Gasteiger partial charge is 0.368 e. The van der Waals surface area contributed by atoms with Gasteiger partial charge in [0.2, 0.25) is 0 Å². The van der Waals surface area contributed by atoms with Crippen LogP contribution in [-0.4, -0.2) is 43.0 Å². The van der Waals surface area contributed by atoms with E-state index in [9.17, 15) is 4.79 Å². The molecule has 1 atom stereocenters. The van der Waals surface area contributed by atoms with Gasteiger partial charge in [0.1, 0.15) is 6.10 Å². The summed E-state index contributed by atoms with van der Waals surface area (Å²) in [5, 5.41) is 0.666. The molecule has 1 saturated heterocycles. The van der Waals surface area contributed by atoms with Crippen LogP contribution in [0.1, 0.15) is 24.5 Å². The Morgan fingerprint density at radius 3 is 3.00 bits per heavy atom. The van der Waals surface area contributed by atoms with Gasteiger partial charge in [-0.15, -0.1) is 0 Å². The van der Waals surface area contributed by atoms with Crippen LogP contribution in [0.25, 0.3) is 0 Å². The summed E-state index contributed by atoms with van der Waals surface area (Å²) >= 11 is 6.19. The van der Waals surface area contributed by atoms with Crippen molar-refractivity contribution in [3.8, 4) is 0 Å². The number of carbonyl (C=O) groups excluding carboxylic acids is 1. The number of Topliss-reactive ketones (excluding diaryl/α,β-unsaturated/α-hetero) is 1. The molecule has 1 aromatic carbocycles. The first-order chi connectivity index (χ1) is 9.60. The highest BCUT2D eigenvalue weighted by Gasteiger charge is 2.26. The second-order valence-electron chi connectivity index (χ2n) is 5.40. The molecule has 0 saturated carbocycles. The Kier molecular flexibility index (Phi) is 5.58. The molecular weight excluding hydrogens is 274 g/mol. The number of hydrogen-bond acceptors (Lipinski definition) is 3. The summed E-state index contributed by atoms with van der Waals surface area (Å²) in [7, 11) is 0. The van der Waals surface area contributed by atoms with Gasteiger partial charge < -0.3 is 4.74 Å². The van der Waals surface area contributed by atoms with Gasteiger partial charge in [-0.25, -0.2) is 0 Å². The van der Waals surface area contributed by atoms with Crippen molar-refractivity contribution in [2.45, 2.75) is 32.8 Å². The number of carbonyl (C=O) groups is 1. The summed E-state index contributed by atoms with van der Waals surface area (Å²) in [4.78, 5) is 14.6. The predicted octanol–water partition coefficient (Wildman–Crippen LogP) is 2.87. The smallest absolute Gasteiger partial charge is 0.167 e. The Morgan fingerprint density at radius 1 is 1.50 bits per heavy atom. The van der Waals surface area contributed by atoms with Gasteiger partial charge in [0.15, 0.2) is 5.78 Å². The maximum atomic E-state index is 12.3. The number of benzene rings is 1. The standard InChI is InChI=1S/C16H22ClNO2/c1-3-6-18-7-8-20-16(11-18)15(19)10-13-5-4-12(2)9-14(13)17/h4-5,9,16H,3,6-8,10-11H2,1-2H3. The molecule has 0 N–H and O–H groups in total. The molecule has 0 bridgehead atoms. The lowest BCUT2D eigenvalue weighted by molar-refractivity contribution is -0.135. The molecule has 2 rings (SSSR count). The van der Waals surface area contributed by atoms with Crippen LogP contribution >= 0.6 is 11.6 Å². The second kappa shape index (κ2) is 7.21. The maximum absolute atomic E-state index is 12.3. The topological polar surface area (TPSA) is 29.5 Å². The van der Waals surface area contributed by atoms with Gasteiger partial charge in [0.25, 0.3) is 0 Å². The molecule has 1 aliphatic heterocycles. The summed E-state index contributed by atoms with van der Waals surface area (Å²) in [5.41, 5.74) is 1.99. The van der Waals surface area contributed by atoms with Crippen LogP contribution in [-0.2, 0) is 16.0 Å². The van der Waals surface area contributed by atoms with Gasteiger partial charge in [-0.2, -0.15) is 0 Å². The Morgan fingerprint density at radius 2 is 2.30 bits per heavy atom. The highest BCUT2D eigenvalue weighted by molar-refractivity contribution is 6.31. The fourth-order valence-corrected chi connectivity index (χ4v) is 2.82. The molecule has 0 aliphatic carbocycles. The van der Waals surface area contributed by atoms with E-state index in [2.05, 4.69) is 11.8 Å². The Bertz CT molecular complexity index is 474. The van der Waals surface area contributed by atoms with Crippen molar-refractivity contribution >= 4 is 17.4 Å². The summed E-state index contributed by atoms with van der Waals surface area (Å²) < 4.78 is 5.62. The zero-order chi connectivity index (χ0) is 14.5. The fourth-order valence-electron chi connectivity index (χ4n) is 2.51. The van der Waals surface area contributed by atoms with E-state index in [1.807, 2.05) is 25.1 Å². The highest BCUT2D eigenvalue weighted by atomic mass is 35.5. The van der Waals surface area contributed by atoms with E-state index in [1.54, 1.807) is 0 Å². The molecule has 0 aromatic heterocycles. The zero-order valence-corrected chi connectivity index (χ0v) is 12.9. The lowest BCUT2D eigenvalue weighted by Gasteiger charge is -2.31. The average Bonchev–Trinajstić information content (AvgIpc) is 2.42. The minimum atomic E-state index is -0.312. The summed E-state index contributed by atoms with van der Waals surface area (Å²) in [6.45, 7) is 7.43. The van der Waals surface area contributed by atoms with E-state index in [0.29, 0.717) is 24.6 Å². The molecule has 1 aliphatic rings. The van der Waals surface area contributed by atoms with Gasteiger partial charge in [0.05, 0.1) is 6.61 Å². The molecule has 110 valence electrons. The molecule has 0 spiro atoms. The molecule has 1 unspecified atom stereocenters. The quantitative estimate of drug-likeness (QED) is 0.836. The molecule has 1 heterocycles. The second-order valence-corrected chi connectivity index (χ2v) is 5.81. The van der Waals surface area contributed by atoms with Crippen LogP contribution in [0.2, 0.25) is 5.02 Å². The molecular formula is C16H22ClNO2. The number of hydrogen-bond donors (Lipinski definition) is 0. The number of morpholine rings is 1. The van der Waals surface area contributed by atoms with E-state index in [1.165, 1.54) is 0 Å². The van der Waals surface area contributed by atoms with Crippen molar-refractivity contribution in [1.82, 2.24) is 4.90 Å². The van der Waals surface area contributed by atoms with Crippen LogP contribution in [0.15, 0.2) is 18.2 Å². The predicted molar refractivity (Wildman–Crippen MR) is 81.4 cm³/mol. The van der Waals surface area contributed by atoms with Gasteiger partial charge in [-0.05, 0) is 37.1 Å². The molecule has 1 aromatic rings. The van der Waals surface area contributed by atoms with Crippen LogP contribution < -0.4 is 0 Å². The molecule has 4 heteroatoms. The third-order valence-electron chi connectivity index (χ3n) is 3.62.